The zero-order valence-corrected chi connectivity index (χ0v) is 24.5. The number of unbranched alkanes of at least 4 members (excludes halogenated alkanes) is 6. The van der Waals surface area contributed by atoms with Crippen LogP contribution in [0.1, 0.15) is 57.8 Å². The van der Waals surface area contributed by atoms with E-state index in [-0.39, 0.29) is 55.3 Å². The molecule has 0 radical (unpaired) electrons. The summed E-state index contributed by atoms with van der Waals surface area (Å²) in [5.41, 5.74) is 0. The van der Waals surface area contributed by atoms with Crippen molar-refractivity contribution in [1.82, 2.24) is 0 Å². The van der Waals surface area contributed by atoms with Crippen molar-refractivity contribution in [3.05, 3.63) is 0 Å². The molecule has 0 aliphatic carbocycles. The van der Waals surface area contributed by atoms with Crippen LogP contribution in [0.15, 0.2) is 0 Å². The summed E-state index contributed by atoms with van der Waals surface area (Å²) < 4.78 is 15.1. The Labute approximate surface area is 235 Å². The van der Waals surface area contributed by atoms with Gasteiger partial charge in [-0.3, -0.25) is 0 Å². The van der Waals surface area contributed by atoms with E-state index in [9.17, 15) is 0 Å². The maximum atomic E-state index is 8.39. The van der Waals surface area contributed by atoms with E-state index >= 15 is 0 Å². The monoisotopic (exact) mass is 734 g/mol. The Bertz CT molecular complexity index is 351. The standard InChI is InChI=1S/3C6H12O2S2.Au/c3*7-4-2-1-3-5-8-6(9)10;/h3*7H,1-5H2,(H,9,10);/q;;;+3/p-3. The van der Waals surface area contributed by atoms with Crippen LogP contribution in [0, 0.1) is 0 Å². The van der Waals surface area contributed by atoms with Gasteiger partial charge < -0.3 is 104 Å². The molecule has 31 heavy (non-hydrogen) atoms. The molecule has 0 aliphatic heterocycles. The van der Waals surface area contributed by atoms with Crippen molar-refractivity contribution in [2.75, 3.05) is 39.6 Å². The first-order valence-electron chi connectivity index (χ1n) is 9.65. The van der Waals surface area contributed by atoms with E-state index in [1.54, 1.807) is 0 Å². The number of ether oxygens (including phenoxy) is 3. The van der Waals surface area contributed by atoms with Gasteiger partial charge in [-0.05, 0) is 57.8 Å². The number of hydrogen-bond acceptors (Lipinski definition) is 12. The molecular formula is C18H33AuO6S6. The van der Waals surface area contributed by atoms with Crippen molar-refractivity contribution in [3.8, 4) is 0 Å². The average Bonchev–Trinajstić information content (AvgIpc) is 2.68. The SMILES string of the molecule is OCCCCCOC(=S)[S-].OCCCCCOC(=S)[S-].OCCCCCOC(=S)[S-].[Au+3]. The molecule has 0 fully saturated rings. The van der Waals surface area contributed by atoms with Crippen molar-refractivity contribution in [2.45, 2.75) is 57.8 Å². The topological polar surface area (TPSA) is 88.4 Å². The molecule has 0 heterocycles. The molecule has 0 atom stereocenters. The summed E-state index contributed by atoms with van der Waals surface area (Å²) in [7, 11) is 0. The van der Waals surface area contributed by atoms with Gasteiger partial charge in [0.2, 0.25) is 0 Å². The number of aliphatic hydroxyl groups excluding tert-OH is 3. The van der Waals surface area contributed by atoms with E-state index in [4.69, 9.17) is 29.5 Å². The fraction of sp³-hybridized carbons (Fsp3) is 0.833. The van der Waals surface area contributed by atoms with Crippen molar-refractivity contribution < 1.29 is 51.9 Å². The summed E-state index contributed by atoms with van der Waals surface area (Å²) in [6, 6.07) is 0. The van der Waals surface area contributed by atoms with Crippen LogP contribution < -0.4 is 0 Å². The predicted molar refractivity (Wildman–Crippen MR) is 141 cm³/mol. The van der Waals surface area contributed by atoms with Gasteiger partial charge in [-0.2, -0.15) is 0 Å². The second-order valence-electron chi connectivity index (χ2n) is 5.65. The number of rotatable bonds is 15. The molecular weight excluding hydrogens is 702 g/mol. The second-order valence-corrected chi connectivity index (χ2v) is 8.65. The van der Waals surface area contributed by atoms with Gasteiger partial charge in [0.25, 0.3) is 0 Å². The first-order chi connectivity index (χ1) is 14.3. The molecule has 0 aromatic heterocycles. The summed E-state index contributed by atoms with van der Waals surface area (Å²) in [5, 5.41) is 25.2. The Hall–Kier alpha value is 0.950. The fourth-order valence-corrected chi connectivity index (χ4v) is 2.14. The minimum atomic E-state index is 0. The minimum absolute atomic E-state index is 0. The summed E-state index contributed by atoms with van der Waals surface area (Å²) in [6.45, 7) is 2.50. The zero-order chi connectivity index (χ0) is 23.5. The van der Waals surface area contributed by atoms with Gasteiger partial charge in [0, 0.05) is 33.0 Å². The largest absolute Gasteiger partial charge is 3.00 e. The number of aliphatic hydroxyl groups is 3. The number of thiocarbonyl (C=S) groups is 3. The van der Waals surface area contributed by atoms with E-state index in [0.29, 0.717) is 19.8 Å². The Balaban J connectivity index is -0.000000174. The Kier molecular flexibility index (Phi) is 44.9. The van der Waals surface area contributed by atoms with Crippen molar-refractivity contribution in [2.24, 2.45) is 0 Å². The summed E-state index contributed by atoms with van der Waals surface area (Å²) in [4.78, 5) is 0. The third kappa shape index (κ3) is 53.8. The van der Waals surface area contributed by atoms with Gasteiger partial charge in [-0.1, -0.05) is 0 Å². The van der Waals surface area contributed by atoms with E-state index in [2.05, 4.69) is 74.5 Å². The Morgan fingerprint density at radius 3 is 0.871 bits per heavy atom. The average molecular weight is 735 g/mol. The molecule has 3 N–H and O–H groups in total. The molecule has 0 unspecified atom stereocenters. The Morgan fingerprint density at radius 1 is 0.484 bits per heavy atom. The normalized spacial score (nSPS) is 9.00. The predicted octanol–water partition coefficient (Wildman–Crippen LogP) is 2.99. The van der Waals surface area contributed by atoms with Crippen LogP contribution in [0.4, 0.5) is 0 Å². The molecule has 0 aromatic carbocycles. The fourth-order valence-electron chi connectivity index (χ4n) is 1.64. The summed E-state index contributed by atoms with van der Waals surface area (Å²) in [5.74, 6) is 0. The molecule has 0 bridgehead atoms. The maximum absolute atomic E-state index is 8.39. The zero-order valence-electron chi connectivity index (χ0n) is 17.4. The third-order valence-corrected chi connectivity index (χ3v) is 3.77. The van der Waals surface area contributed by atoms with Crippen LogP contribution in [0.2, 0.25) is 0 Å². The van der Waals surface area contributed by atoms with E-state index in [0.717, 1.165) is 57.8 Å². The van der Waals surface area contributed by atoms with Gasteiger partial charge in [-0.15, -0.1) is 0 Å². The molecule has 0 rings (SSSR count). The van der Waals surface area contributed by atoms with Gasteiger partial charge in [0.15, 0.2) is 0 Å². The maximum Gasteiger partial charge on any atom is 3.00 e. The van der Waals surface area contributed by atoms with Crippen LogP contribution in [0.3, 0.4) is 0 Å². The molecule has 0 saturated heterocycles. The summed E-state index contributed by atoms with van der Waals surface area (Å²) in [6.07, 6.45) is 8.12. The van der Waals surface area contributed by atoms with Crippen molar-refractivity contribution >= 4 is 87.7 Å². The van der Waals surface area contributed by atoms with Crippen LogP contribution in [-0.4, -0.2) is 68.1 Å². The van der Waals surface area contributed by atoms with E-state index in [1.165, 1.54) is 0 Å². The molecule has 0 spiro atoms. The van der Waals surface area contributed by atoms with E-state index < -0.39 is 0 Å². The molecule has 13 heteroatoms. The van der Waals surface area contributed by atoms with Gasteiger partial charge in [0.05, 0.1) is 19.8 Å². The van der Waals surface area contributed by atoms with Crippen molar-refractivity contribution in [1.29, 1.82) is 0 Å². The van der Waals surface area contributed by atoms with Gasteiger partial charge >= 0.3 is 22.4 Å². The van der Waals surface area contributed by atoms with E-state index in [1.807, 2.05) is 0 Å². The van der Waals surface area contributed by atoms with Crippen LogP contribution in [0.25, 0.3) is 0 Å². The summed E-state index contributed by atoms with van der Waals surface area (Å²) >= 11 is 27.1. The molecule has 188 valence electrons. The smallest absolute Gasteiger partial charge is 0.514 e. The molecule has 0 amide bonds. The van der Waals surface area contributed by atoms with Gasteiger partial charge in [-0.25, -0.2) is 0 Å². The Morgan fingerprint density at radius 2 is 0.710 bits per heavy atom. The van der Waals surface area contributed by atoms with Crippen LogP contribution in [-0.2, 0) is 74.5 Å². The van der Waals surface area contributed by atoms with Crippen LogP contribution >= 0.6 is 36.7 Å². The second kappa shape index (κ2) is 35.5. The first-order valence-corrected chi connectivity index (χ1v) is 12.1. The van der Waals surface area contributed by atoms with Crippen LogP contribution in [0.5, 0.6) is 0 Å². The molecule has 0 aromatic rings. The minimum Gasteiger partial charge on any atom is -0.514 e. The van der Waals surface area contributed by atoms with Crippen molar-refractivity contribution in [3.63, 3.8) is 0 Å². The molecule has 0 aliphatic rings. The number of hydrogen-bond donors (Lipinski definition) is 3. The third-order valence-electron chi connectivity index (χ3n) is 3.07. The quantitative estimate of drug-likeness (QED) is 0.100. The molecule has 0 saturated carbocycles. The van der Waals surface area contributed by atoms with Gasteiger partial charge in [0.1, 0.15) is 0 Å². The molecule has 6 nitrogen and oxygen atoms in total. The first kappa shape index (κ1) is 39.2.